The van der Waals surface area contributed by atoms with Gasteiger partial charge in [0.05, 0.1) is 34.2 Å². The van der Waals surface area contributed by atoms with Gasteiger partial charge in [-0.3, -0.25) is 9.98 Å². The smallest absolute Gasteiger partial charge is 1.00 e. The van der Waals surface area contributed by atoms with Crippen molar-refractivity contribution >= 4 is 22.8 Å². The van der Waals surface area contributed by atoms with E-state index in [4.69, 9.17) is 15.0 Å². The molecular weight excluding hydrogens is 733 g/mol. The minimum atomic E-state index is 0. The summed E-state index contributed by atoms with van der Waals surface area (Å²) in [5.74, 6) is 2.49. The molecule has 1 heterocycles. The summed E-state index contributed by atoms with van der Waals surface area (Å²) in [5, 5.41) is 0. The summed E-state index contributed by atoms with van der Waals surface area (Å²) in [5.41, 5.74) is 15.4. The topological polar surface area (TPSA) is 37.6 Å². The Balaban J connectivity index is 0.00000209. The van der Waals surface area contributed by atoms with Crippen LogP contribution in [0.5, 0.6) is 0 Å². The molecule has 3 nitrogen and oxygen atoms in total. The molecule has 6 heteroatoms. The van der Waals surface area contributed by atoms with Crippen LogP contribution >= 0.6 is 0 Å². The molecule has 4 saturated carbocycles. The number of pyridine rings is 1. The summed E-state index contributed by atoms with van der Waals surface area (Å²) in [6.07, 6.45) is 26.6. The van der Waals surface area contributed by atoms with Crippen molar-refractivity contribution in [1.29, 1.82) is 0 Å². The van der Waals surface area contributed by atoms with E-state index in [9.17, 15) is 0 Å². The Kier molecular flexibility index (Phi) is 17.2. The summed E-state index contributed by atoms with van der Waals surface area (Å²) in [4.78, 5) is 16.5. The first-order valence-corrected chi connectivity index (χ1v) is 20.8. The molecule has 0 aliphatic heterocycles. The zero-order valence-corrected chi connectivity index (χ0v) is 35.6. The molecule has 0 unspecified atom stereocenters. The molecule has 288 valence electrons. The van der Waals surface area contributed by atoms with Gasteiger partial charge in [0.2, 0.25) is 0 Å². The first-order chi connectivity index (χ1) is 24.4. The number of hydrogen-bond donors (Lipinski definition) is 0. The van der Waals surface area contributed by atoms with Crippen LogP contribution in [-0.4, -0.2) is 16.4 Å². The third kappa shape index (κ3) is 10.7. The number of aromatic nitrogens is 1. The van der Waals surface area contributed by atoms with Crippen molar-refractivity contribution in [3.63, 3.8) is 0 Å². The van der Waals surface area contributed by atoms with E-state index in [2.05, 4.69) is 70.2 Å². The van der Waals surface area contributed by atoms with Crippen LogP contribution in [0.1, 0.15) is 211 Å². The van der Waals surface area contributed by atoms with Gasteiger partial charge >= 0.3 is 17.1 Å². The van der Waals surface area contributed by atoms with Gasteiger partial charge in [0.15, 0.2) is 0 Å². The number of benzene rings is 2. The van der Waals surface area contributed by atoms with Crippen molar-refractivity contribution in [2.45, 2.75) is 180 Å². The van der Waals surface area contributed by atoms with Gasteiger partial charge in [0, 0.05) is 0 Å². The molecule has 0 N–H and O–H groups in total. The van der Waals surface area contributed by atoms with E-state index in [-0.39, 0.29) is 41.9 Å². The minimum absolute atomic E-state index is 0. The fourth-order valence-corrected chi connectivity index (χ4v) is 10.1. The molecule has 0 radical (unpaired) electrons. The van der Waals surface area contributed by atoms with E-state index in [1.807, 2.05) is 0 Å². The van der Waals surface area contributed by atoms with E-state index in [1.54, 1.807) is 0 Å². The van der Waals surface area contributed by atoms with Crippen molar-refractivity contribution in [2.24, 2.45) is 9.98 Å². The number of nitrogens with zero attached hydrogens (tertiary/aromatic N) is 3. The van der Waals surface area contributed by atoms with Crippen LogP contribution in [0.4, 0.5) is 11.4 Å². The Bertz CT molecular complexity index is 1490. The Labute approximate surface area is 344 Å². The van der Waals surface area contributed by atoms with Gasteiger partial charge in [-0.2, -0.15) is 0 Å². The molecule has 2 aromatic carbocycles. The minimum Gasteiger partial charge on any atom is -1.00 e. The van der Waals surface area contributed by atoms with Gasteiger partial charge in [-0.1, -0.05) is 119 Å². The summed E-state index contributed by atoms with van der Waals surface area (Å²) in [6, 6.07) is 16.4. The fourth-order valence-electron chi connectivity index (χ4n) is 10.1. The zero-order chi connectivity index (χ0) is 34.5. The number of halogens is 2. The average molecular weight is 797 g/mol. The fraction of sp³-hybridized carbons (Fsp3) is 0.596. The second kappa shape index (κ2) is 20.8. The van der Waals surface area contributed by atoms with E-state index >= 15 is 0 Å². The predicted molar refractivity (Wildman–Crippen MR) is 214 cm³/mol. The molecule has 7 rings (SSSR count). The molecule has 0 atom stereocenters. The molecule has 0 bridgehead atoms. The first-order valence-electron chi connectivity index (χ1n) is 20.8. The van der Waals surface area contributed by atoms with Crippen LogP contribution in [-0.2, 0) is 17.1 Å². The molecule has 4 aliphatic carbocycles. The van der Waals surface area contributed by atoms with Gasteiger partial charge in [-0.25, -0.2) is 4.98 Å². The molecule has 0 amide bonds. The second-order valence-electron chi connectivity index (χ2n) is 16.7. The molecule has 0 spiro atoms. The van der Waals surface area contributed by atoms with Gasteiger partial charge in [-0.05, 0) is 137 Å². The average Bonchev–Trinajstić information content (AvgIpc) is 3.17. The van der Waals surface area contributed by atoms with E-state index in [0.717, 1.165) is 22.8 Å². The third-order valence-corrected chi connectivity index (χ3v) is 12.9. The van der Waals surface area contributed by atoms with Crippen LogP contribution < -0.4 is 24.8 Å². The summed E-state index contributed by atoms with van der Waals surface area (Å²) in [7, 11) is 0. The van der Waals surface area contributed by atoms with Crippen LogP contribution in [0.25, 0.3) is 0 Å². The number of rotatable bonds is 8. The van der Waals surface area contributed by atoms with Crippen molar-refractivity contribution in [1.82, 2.24) is 4.98 Å². The van der Waals surface area contributed by atoms with Crippen LogP contribution in [0, 0.1) is 13.8 Å². The maximum absolute atomic E-state index is 5.58. The zero-order valence-electron chi connectivity index (χ0n) is 32.9. The van der Waals surface area contributed by atoms with Gasteiger partial charge < -0.3 is 24.8 Å². The quantitative estimate of drug-likeness (QED) is 0.168. The Morgan fingerprint density at radius 1 is 0.472 bits per heavy atom. The van der Waals surface area contributed by atoms with Crippen LogP contribution in [0.3, 0.4) is 0 Å². The molecule has 0 saturated heterocycles. The second-order valence-corrected chi connectivity index (χ2v) is 16.7. The summed E-state index contributed by atoms with van der Waals surface area (Å²) < 4.78 is 0. The van der Waals surface area contributed by atoms with Crippen molar-refractivity contribution in [3.8, 4) is 0 Å². The van der Waals surface area contributed by atoms with E-state index < -0.39 is 0 Å². The molecule has 53 heavy (non-hydrogen) atoms. The van der Waals surface area contributed by atoms with Gasteiger partial charge in [-0.15, -0.1) is 0 Å². The summed E-state index contributed by atoms with van der Waals surface area (Å²) in [6.45, 7) is 8.99. The molecular formula is C47H63Cl2FeN3. The largest absolute Gasteiger partial charge is 2.00 e. The molecule has 4 fully saturated rings. The maximum Gasteiger partial charge on any atom is 2.00 e. The first kappa shape index (κ1) is 43.8. The van der Waals surface area contributed by atoms with Crippen LogP contribution in [0.15, 0.2) is 52.4 Å². The van der Waals surface area contributed by atoms with Gasteiger partial charge in [0.1, 0.15) is 0 Å². The van der Waals surface area contributed by atoms with Crippen molar-refractivity contribution < 1.29 is 41.9 Å². The predicted octanol–water partition coefficient (Wildman–Crippen LogP) is 8.18. The van der Waals surface area contributed by atoms with E-state index in [0.29, 0.717) is 23.7 Å². The Morgan fingerprint density at radius 2 is 0.736 bits per heavy atom. The van der Waals surface area contributed by atoms with Crippen molar-refractivity contribution in [2.75, 3.05) is 0 Å². The number of hydrogen-bond acceptors (Lipinski definition) is 3. The Morgan fingerprint density at radius 3 is 1.00 bits per heavy atom. The maximum atomic E-state index is 5.58. The van der Waals surface area contributed by atoms with Gasteiger partial charge in [0.25, 0.3) is 0 Å². The van der Waals surface area contributed by atoms with Crippen molar-refractivity contribution in [3.05, 3.63) is 87.2 Å². The molecule has 1 aromatic heterocycles. The monoisotopic (exact) mass is 795 g/mol. The Hall–Kier alpha value is -1.97. The number of aryl methyl sites for hydroxylation is 2. The SMILES string of the molecule is CC(=Nc1c(C2CCCCC2)cc(C)cc1C1CCCCC1)c1cccc(C(C)=Nc2c(C3CCCCC3)cc(C)cc2C2CCCCC2)n1.[Cl-].[Cl-].[Fe+2]. The number of aliphatic imine (C=N–C) groups is 2. The standard InChI is InChI=1S/C47H63N3.2ClH.Fe/c1-32-28-40(36-18-9-5-10-19-36)46(41(29-32)37-20-11-6-12-21-37)48-34(3)44-26-17-27-45(50-44)35(4)49-47-42(38-22-13-7-14-23-38)30-33(2)31-43(47)39-24-15-8-16-25-39;;;/h17,26-31,36-39H,5-16,18-25H2,1-4H3;2*1H;/q;;;+2/p-2. The van der Waals surface area contributed by atoms with E-state index in [1.165, 1.54) is 173 Å². The third-order valence-electron chi connectivity index (χ3n) is 12.9. The van der Waals surface area contributed by atoms with Crippen LogP contribution in [0.2, 0.25) is 0 Å². The summed E-state index contributed by atoms with van der Waals surface area (Å²) >= 11 is 0. The molecule has 4 aliphatic rings. The molecule has 3 aromatic rings. The normalized spacial score (nSPS) is 19.9.